The van der Waals surface area contributed by atoms with E-state index in [1.54, 1.807) is 12.1 Å². The first-order chi connectivity index (χ1) is 10.1. The monoisotopic (exact) mass is 302 g/mol. The average molecular weight is 302 g/mol. The largest absolute Gasteiger partial charge is 0.389 e. The van der Waals surface area contributed by atoms with Crippen LogP contribution in [0.15, 0.2) is 48.5 Å². The lowest BCUT2D eigenvalue weighted by molar-refractivity contribution is -0.120. The lowest BCUT2D eigenvalue weighted by atomic mass is 10.1. The van der Waals surface area contributed by atoms with Gasteiger partial charge in [-0.25, -0.2) is 4.39 Å². The van der Waals surface area contributed by atoms with Gasteiger partial charge in [0.15, 0.2) is 0 Å². The predicted octanol–water partition coefficient (Wildman–Crippen LogP) is 2.32. The molecule has 1 amide bonds. The molecule has 0 saturated heterocycles. The van der Waals surface area contributed by atoms with Gasteiger partial charge < -0.3 is 11.1 Å². The number of nitrogens with one attached hydrogen (secondary N) is 1. The van der Waals surface area contributed by atoms with Crippen molar-refractivity contribution < 1.29 is 9.18 Å². The molecule has 0 radical (unpaired) electrons. The van der Waals surface area contributed by atoms with Crippen LogP contribution < -0.4 is 11.1 Å². The Morgan fingerprint density at radius 3 is 2.52 bits per heavy atom. The van der Waals surface area contributed by atoms with Crippen LogP contribution in [0.5, 0.6) is 0 Å². The van der Waals surface area contributed by atoms with Gasteiger partial charge >= 0.3 is 0 Å². The van der Waals surface area contributed by atoms with E-state index in [4.69, 9.17) is 18.0 Å². The number of carbonyl (C=O) groups is 1. The first-order valence-electron chi connectivity index (χ1n) is 6.45. The van der Waals surface area contributed by atoms with Crippen LogP contribution in [0.2, 0.25) is 0 Å². The van der Waals surface area contributed by atoms with E-state index in [1.165, 1.54) is 6.07 Å². The van der Waals surface area contributed by atoms with Crippen molar-refractivity contribution in [3.8, 4) is 0 Å². The topological polar surface area (TPSA) is 55.1 Å². The Hall–Kier alpha value is -2.27. The summed E-state index contributed by atoms with van der Waals surface area (Å²) >= 11 is 4.79. The Morgan fingerprint density at radius 1 is 1.19 bits per heavy atom. The molecule has 0 bridgehead atoms. The number of hydrogen-bond acceptors (Lipinski definition) is 2. The van der Waals surface area contributed by atoms with Crippen molar-refractivity contribution >= 4 is 23.1 Å². The summed E-state index contributed by atoms with van der Waals surface area (Å²) in [5, 5.41) is 2.69. The minimum absolute atomic E-state index is 0.134. The lowest BCUT2D eigenvalue weighted by Crippen LogP contribution is -2.25. The van der Waals surface area contributed by atoms with Crippen LogP contribution in [0.3, 0.4) is 0 Å². The second-order valence-electron chi connectivity index (χ2n) is 4.61. The highest BCUT2D eigenvalue weighted by molar-refractivity contribution is 7.80. The summed E-state index contributed by atoms with van der Waals surface area (Å²) in [6.07, 6.45) is 0.271. The molecule has 2 aromatic rings. The number of halogens is 1. The smallest absolute Gasteiger partial charge is 0.224 e. The maximum Gasteiger partial charge on any atom is 0.224 e. The van der Waals surface area contributed by atoms with Gasteiger partial charge in [0.05, 0.1) is 6.42 Å². The fraction of sp³-hybridized carbons (Fsp3) is 0.125. The molecule has 0 fully saturated rings. The molecule has 3 N–H and O–H groups in total. The molecule has 3 nitrogen and oxygen atoms in total. The minimum atomic E-state index is -0.430. The molecule has 0 aliphatic rings. The highest BCUT2D eigenvalue weighted by atomic mass is 32.1. The van der Waals surface area contributed by atoms with E-state index >= 15 is 0 Å². The molecule has 2 aromatic carbocycles. The minimum Gasteiger partial charge on any atom is -0.389 e. The van der Waals surface area contributed by atoms with E-state index in [-0.39, 0.29) is 23.9 Å². The zero-order valence-corrected chi connectivity index (χ0v) is 12.1. The number of rotatable bonds is 5. The summed E-state index contributed by atoms with van der Waals surface area (Å²) in [5.74, 6) is -0.584. The Kier molecular flexibility index (Phi) is 5.00. The zero-order chi connectivity index (χ0) is 15.2. The maximum absolute atomic E-state index is 13.8. The Bertz CT molecular complexity index is 659. The molecule has 0 atom stereocenters. The van der Waals surface area contributed by atoms with Crippen molar-refractivity contribution in [1.29, 1.82) is 0 Å². The SMILES string of the molecule is NC(=S)c1ccc(CNC(=O)Cc2ccccc2)c(F)c1. The van der Waals surface area contributed by atoms with E-state index in [9.17, 15) is 9.18 Å². The van der Waals surface area contributed by atoms with Crippen LogP contribution in [-0.4, -0.2) is 10.9 Å². The molecule has 0 aliphatic carbocycles. The van der Waals surface area contributed by atoms with Gasteiger partial charge in [0.2, 0.25) is 5.91 Å². The van der Waals surface area contributed by atoms with E-state index in [2.05, 4.69) is 5.32 Å². The van der Waals surface area contributed by atoms with Crippen LogP contribution in [0.4, 0.5) is 4.39 Å². The van der Waals surface area contributed by atoms with Crippen molar-refractivity contribution in [2.24, 2.45) is 5.73 Å². The van der Waals surface area contributed by atoms with Gasteiger partial charge in [0.1, 0.15) is 10.8 Å². The fourth-order valence-corrected chi connectivity index (χ4v) is 2.01. The predicted molar refractivity (Wildman–Crippen MR) is 84.3 cm³/mol. The van der Waals surface area contributed by atoms with Gasteiger partial charge in [0.25, 0.3) is 0 Å². The van der Waals surface area contributed by atoms with Crippen LogP contribution in [-0.2, 0) is 17.8 Å². The van der Waals surface area contributed by atoms with Crippen molar-refractivity contribution in [1.82, 2.24) is 5.32 Å². The van der Waals surface area contributed by atoms with E-state index in [1.807, 2.05) is 30.3 Å². The molecule has 0 unspecified atom stereocenters. The molecule has 2 rings (SSSR count). The summed E-state index contributed by atoms with van der Waals surface area (Å²) in [7, 11) is 0. The van der Waals surface area contributed by atoms with Crippen LogP contribution in [0, 0.1) is 5.82 Å². The summed E-state index contributed by atoms with van der Waals surface area (Å²) in [4.78, 5) is 11.9. The number of hydrogen-bond donors (Lipinski definition) is 2. The Morgan fingerprint density at radius 2 is 1.90 bits per heavy atom. The standard InChI is InChI=1S/C16H15FN2OS/c17-14-9-12(16(18)21)6-7-13(14)10-19-15(20)8-11-4-2-1-3-5-11/h1-7,9H,8,10H2,(H2,18,21)(H,19,20). The van der Waals surface area contributed by atoms with E-state index < -0.39 is 5.82 Å². The number of nitrogens with two attached hydrogens (primary N) is 1. The van der Waals surface area contributed by atoms with Crippen molar-refractivity contribution in [2.75, 3.05) is 0 Å². The molecule has 0 heterocycles. The molecule has 0 aromatic heterocycles. The Labute approximate surface area is 128 Å². The highest BCUT2D eigenvalue weighted by Gasteiger charge is 2.07. The highest BCUT2D eigenvalue weighted by Crippen LogP contribution is 2.10. The van der Waals surface area contributed by atoms with Crippen molar-refractivity contribution in [2.45, 2.75) is 13.0 Å². The molecular formula is C16H15FN2OS. The summed E-state index contributed by atoms with van der Waals surface area (Å²) in [5.41, 5.74) is 7.23. The molecule has 5 heteroatoms. The molecule has 0 spiro atoms. The van der Waals surface area contributed by atoms with E-state index in [0.717, 1.165) is 5.56 Å². The molecule has 0 aliphatic heterocycles. The van der Waals surface area contributed by atoms with Gasteiger partial charge in [-0.3, -0.25) is 4.79 Å². The zero-order valence-electron chi connectivity index (χ0n) is 11.3. The van der Waals surface area contributed by atoms with Crippen LogP contribution >= 0.6 is 12.2 Å². The second-order valence-corrected chi connectivity index (χ2v) is 5.05. The Balaban J connectivity index is 1.94. The van der Waals surface area contributed by atoms with Crippen LogP contribution in [0.25, 0.3) is 0 Å². The van der Waals surface area contributed by atoms with Gasteiger partial charge in [0, 0.05) is 17.7 Å². The first kappa shape index (κ1) is 15.1. The molecular weight excluding hydrogens is 287 g/mol. The molecule has 0 saturated carbocycles. The maximum atomic E-state index is 13.8. The van der Waals surface area contributed by atoms with E-state index in [0.29, 0.717) is 11.1 Å². The second kappa shape index (κ2) is 6.95. The third-order valence-corrected chi connectivity index (χ3v) is 3.26. The summed E-state index contributed by atoms with van der Waals surface area (Å²) in [6, 6.07) is 13.9. The normalized spacial score (nSPS) is 10.1. The summed E-state index contributed by atoms with van der Waals surface area (Å²) < 4.78 is 13.8. The van der Waals surface area contributed by atoms with Crippen molar-refractivity contribution in [3.63, 3.8) is 0 Å². The number of benzene rings is 2. The van der Waals surface area contributed by atoms with Gasteiger partial charge in [-0.2, -0.15) is 0 Å². The van der Waals surface area contributed by atoms with Gasteiger partial charge in [-0.05, 0) is 11.6 Å². The number of thiocarbonyl (C=S) groups is 1. The molecule has 108 valence electrons. The average Bonchev–Trinajstić information content (AvgIpc) is 2.47. The number of amides is 1. The lowest BCUT2D eigenvalue weighted by Gasteiger charge is -2.08. The summed E-state index contributed by atoms with van der Waals surface area (Å²) in [6.45, 7) is 0.134. The fourth-order valence-electron chi connectivity index (χ4n) is 1.88. The van der Waals surface area contributed by atoms with Gasteiger partial charge in [-0.15, -0.1) is 0 Å². The third kappa shape index (κ3) is 4.36. The third-order valence-electron chi connectivity index (χ3n) is 3.02. The molecule has 21 heavy (non-hydrogen) atoms. The van der Waals surface area contributed by atoms with Crippen molar-refractivity contribution in [3.05, 3.63) is 71.0 Å². The first-order valence-corrected chi connectivity index (χ1v) is 6.86. The van der Waals surface area contributed by atoms with Crippen LogP contribution in [0.1, 0.15) is 16.7 Å². The number of carbonyl (C=O) groups excluding carboxylic acids is 1. The quantitative estimate of drug-likeness (QED) is 0.833. The van der Waals surface area contributed by atoms with Gasteiger partial charge in [-0.1, -0.05) is 54.7 Å².